The summed E-state index contributed by atoms with van der Waals surface area (Å²) in [6, 6.07) is 37.8. The van der Waals surface area contributed by atoms with E-state index in [0.717, 1.165) is 27.3 Å². The summed E-state index contributed by atoms with van der Waals surface area (Å²) in [5.41, 5.74) is 16.8. The number of allylic oxidation sites excluding steroid dienone is 8. The molecule has 3 N–H and O–H groups in total. The van der Waals surface area contributed by atoms with Crippen LogP contribution in [0.2, 0.25) is 0 Å². The van der Waals surface area contributed by atoms with E-state index in [1.165, 1.54) is 32.8 Å². The molecule has 1 atom stereocenters. The lowest BCUT2D eigenvalue weighted by atomic mass is 9.98. The Morgan fingerprint density at radius 1 is 0.659 bits per heavy atom. The van der Waals surface area contributed by atoms with E-state index in [1.807, 2.05) is 24.4 Å². The number of nitrogens with one attached hydrogen (secondary N) is 3. The van der Waals surface area contributed by atoms with Crippen molar-refractivity contribution >= 4 is 28.6 Å². The quantitative estimate of drug-likeness (QED) is 0.233. The van der Waals surface area contributed by atoms with Gasteiger partial charge in [-0.2, -0.15) is 0 Å². The number of hydrogen-bond acceptors (Lipinski definition) is 4. The van der Waals surface area contributed by atoms with Gasteiger partial charge >= 0.3 is 0 Å². The summed E-state index contributed by atoms with van der Waals surface area (Å²) in [6.45, 7) is 8.55. The summed E-state index contributed by atoms with van der Waals surface area (Å²) in [6.07, 6.45) is 10.4. The van der Waals surface area contributed by atoms with Crippen molar-refractivity contribution in [3.63, 3.8) is 0 Å². The first-order valence-electron chi connectivity index (χ1n) is 13.6. The summed E-state index contributed by atoms with van der Waals surface area (Å²) in [7, 11) is 0. The van der Waals surface area contributed by atoms with Crippen LogP contribution in [-0.2, 0) is 0 Å². The van der Waals surface area contributed by atoms with Gasteiger partial charge in [-0.15, -0.1) is 0 Å². The van der Waals surface area contributed by atoms with Crippen molar-refractivity contribution in [3.8, 4) is 0 Å². The fourth-order valence-electron chi connectivity index (χ4n) is 5.02. The molecule has 3 nitrogen and oxygen atoms in total. The molecular formula is C37H31N3S. The van der Waals surface area contributed by atoms with Crippen LogP contribution in [0.5, 0.6) is 0 Å². The summed E-state index contributed by atoms with van der Waals surface area (Å²) < 4.78 is 0. The highest BCUT2D eigenvalue weighted by Crippen LogP contribution is 2.39. The summed E-state index contributed by atoms with van der Waals surface area (Å²) in [5.74, 6) is 0. The van der Waals surface area contributed by atoms with Crippen LogP contribution in [0.15, 0.2) is 174 Å². The van der Waals surface area contributed by atoms with E-state index < -0.39 is 0 Å². The van der Waals surface area contributed by atoms with Crippen molar-refractivity contribution in [1.82, 2.24) is 10.7 Å². The number of rotatable bonds is 2. The smallest absolute Gasteiger partial charge is 0.0849 e. The van der Waals surface area contributed by atoms with Gasteiger partial charge in [0, 0.05) is 16.7 Å². The molecule has 3 aliphatic rings. The molecule has 7 rings (SSSR count). The van der Waals surface area contributed by atoms with Crippen molar-refractivity contribution < 1.29 is 0 Å². The molecule has 3 heterocycles. The minimum atomic E-state index is 0.266. The largest absolute Gasteiger partial charge is 0.356 e. The van der Waals surface area contributed by atoms with Gasteiger partial charge in [0.1, 0.15) is 0 Å². The van der Waals surface area contributed by atoms with E-state index in [-0.39, 0.29) is 6.04 Å². The zero-order valence-electron chi connectivity index (χ0n) is 22.7. The number of thioether (sulfide) groups is 1. The summed E-state index contributed by atoms with van der Waals surface area (Å²) in [5, 5.41) is 4.53. The molecule has 200 valence electrons. The SMILES string of the molecule is C=C1/C=C(c2ccccc2)\C=C/N/C2=C1/C=C\C(=C)c1ccccc1S2.c1ccc(C2NNc3ccccc32)cc1. The van der Waals surface area contributed by atoms with Crippen LogP contribution in [0.4, 0.5) is 5.69 Å². The molecule has 4 aromatic carbocycles. The molecule has 0 amide bonds. The Bertz CT molecular complexity index is 1710. The molecular weight excluding hydrogens is 518 g/mol. The van der Waals surface area contributed by atoms with E-state index in [4.69, 9.17) is 0 Å². The van der Waals surface area contributed by atoms with Crippen molar-refractivity contribution in [1.29, 1.82) is 0 Å². The highest BCUT2D eigenvalue weighted by molar-refractivity contribution is 8.03. The number of hydrogen-bond donors (Lipinski definition) is 3. The molecule has 3 aliphatic heterocycles. The lowest BCUT2D eigenvalue weighted by Gasteiger charge is -2.20. The van der Waals surface area contributed by atoms with Crippen molar-refractivity contribution in [3.05, 3.63) is 191 Å². The molecule has 1 unspecified atom stereocenters. The second-order valence-electron chi connectivity index (χ2n) is 9.87. The molecule has 0 fully saturated rings. The average molecular weight is 550 g/mol. The van der Waals surface area contributed by atoms with Gasteiger partial charge < -0.3 is 10.7 Å². The minimum absolute atomic E-state index is 0.266. The normalized spacial score (nSPS) is 21.8. The summed E-state index contributed by atoms with van der Waals surface area (Å²) >= 11 is 1.72. The van der Waals surface area contributed by atoms with Gasteiger partial charge in [-0.3, -0.25) is 0 Å². The van der Waals surface area contributed by atoms with Crippen LogP contribution < -0.4 is 16.2 Å². The van der Waals surface area contributed by atoms with Crippen LogP contribution in [0.25, 0.3) is 11.1 Å². The van der Waals surface area contributed by atoms with Crippen LogP contribution >= 0.6 is 11.8 Å². The maximum Gasteiger partial charge on any atom is 0.0849 e. The highest BCUT2D eigenvalue weighted by atomic mass is 32.2. The van der Waals surface area contributed by atoms with Gasteiger partial charge in [0.2, 0.25) is 0 Å². The van der Waals surface area contributed by atoms with Gasteiger partial charge in [0.05, 0.1) is 16.8 Å². The molecule has 0 saturated carbocycles. The molecule has 0 aromatic heterocycles. The Hall–Kier alpha value is -4.77. The Kier molecular flexibility index (Phi) is 7.85. The van der Waals surface area contributed by atoms with E-state index in [1.54, 1.807) is 11.8 Å². The average Bonchev–Trinajstić information content (AvgIpc) is 3.45. The van der Waals surface area contributed by atoms with Crippen LogP contribution in [0.1, 0.15) is 28.3 Å². The van der Waals surface area contributed by atoms with Crippen molar-refractivity contribution in [2.24, 2.45) is 0 Å². The zero-order valence-corrected chi connectivity index (χ0v) is 23.5. The van der Waals surface area contributed by atoms with Gasteiger partial charge in [0.25, 0.3) is 0 Å². The zero-order chi connectivity index (χ0) is 28.0. The number of fused-ring (bicyclic) bond motifs is 2. The van der Waals surface area contributed by atoms with Crippen LogP contribution in [0.3, 0.4) is 0 Å². The topological polar surface area (TPSA) is 36.1 Å². The Balaban J connectivity index is 0.000000170. The first-order valence-corrected chi connectivity index (χ1v) is 14.4. The predicted molar refractivity (Wildman–Crippen MR) is 175 cm³/mol. The predicted octanol–water partition coefficient (Wildman–Crippen LogP) is 9.04. The van der Waals surface area contributed by atoms with Crippen molar-refractivity contribution in [2.75, 3.05) is 5.43 Å². The van der Waals surface area contributed by atoms with Gasteiger partial charge in [-0.1, -0.05) is 134 Å². The third-order valence-electron chi connectivity index (χ3n) is 7.16. The molecule has 4 aromatic rings. The van der Waals surface area contributed by atoms with E-state index in [2.05, 4.69) is 145 Å². The van der Waals surface area contributed by atoms with E-state index in [9.17, 15) is 0 Å². The molecule has 41 heavy (non-hydrogen) atoms. The van der Waals surface area contributed by atoms with Gasteiger partial charge in [-0.05, 0) is 63.3 Å². The molecule has 4 heteroatoms. The van der Waals surface area contributed by atoms with E-state index in [0.29, 0.717) is 0 Å². The van der Waals surface area contributed by atoms with Crippen LogP contribution in [0, 0.1) is 0 Å². The maximum atomic E-state index is 4.33. The molecule has 0 spiro atoms. The second kappa shape index (κ2) is 12.2. The first kappa shape index (κ1) is 26.5. The number of benzene rings is 4. The Morgan fingerprint density at radius 2 is 1.37 bits per heavy atom. The molecule has 0 radical (unpaired) electrons. The molecule has 0 aliphatic carbocycles. The van der Waals surface area contributed by atoms with Crippen molar-refractivity contribution in [2.45, 2.75) is 10.9 Å². The molecule has 0 bridgehead atoms. The Morgan fingerprint density at radius 3 is 2.20 bits per heavy atom. The minimum Gasteiger partial charge on any atom is -0.356 e. The molecule has 0 saturated heterocycles. The lowest BCUT2D eigenvalue weighted by Crippen LogP contribution is -2.19. The third-order valence-corrected chi connectivity index (χ3v) is 8.27. The Labute approximate surface area is 246 Å². The fraction of sp³-hybridized carbons (Fsp3) is 0.0270. The maximum absolute atomic E-state index is 4.33. The van der Waals surface area contributed by atoms with Gasteiger partial charge in [0.15, 0.2) is 0 Å². The summed E-state index contributed by atoms with van der Waals surface area (Å²) in [4.78, 5) is 1.19. The highest BCUT2D eigenvalue weighted by Gasteiger charge is 2.22. The van der Waals surface area contributed by atoms with Crippen LogP contribution in [-0.4, -0.2) is 0 Å². The monoisotopic (exact) mass is 549 g/mol. The number of anilines is 1. The third kappa shape index (κ3) is 5.90. The number of hydrazine groups is 1. The number of para-hydroxylation sites is 1. The van der Waals surface area contributed by atoms with E-state index >= 15 is 0 Å². The second-order valence-corrected chi connectivity index (χ2v) is 10.9. The first-order chi connectivity index (χ1) is 20.2. The standard InChI is InChI=1S/C24H19NS.C13H12N2/c1-17-12-13-22-18(2)16-20(19-8-4-3-5-9-19)14-15-25-24(22)26-23-11-7-6-10-21(17)23;1-2-6-10(7-3-1)13-11-8-4-5-9-12(11)14-15-13/h3-16,25H,1-2H2;1-9,13-15H/b13-12-,15-14-,20-16+,24-22+;. The fourth-order valence-corrected chi connectivity index (χ4v) is 6.14. The van der Waals surface area contributed by atoms with Gasteiger partial charge in [-0.25, -0.2) is 5.43 Å². The lowest BCUT2D eigenvalue weighted by molar-refractivity contribution is 0.729.